The van der Waals surface area contributed by atoms with Gasteiger partial charge in [-0.1, -0.05) is 42.0 Å². The number of carbonyl (C=O) groups excluding carboxylic acids is 2. The molecule has 1 aliphatic heterocycles. The zero-order valence-electron chi connectivity index (χ0n) is 14.8. The third kappa shape index (κ3) is 4.61. The normalized spacial score (nSPS) is 14.0. The molecule has 1 aliphatic rings. The molecule has 0 atom stereocenters. The second-order valence-electron chi connectivity index (χ2n) is 6.24. The maximum absolute atomic E-state index is 12.3. The number of benzene rings is 2. The van der Waals surface area contributed by atoms with Crippen molar-refractivity contribution in [2.24, 2.45) is 0 Å². The van der Waals surface area contributed by atoms with Crippen molar-refractivity contribution in [3.63, 3.8) is 0 Å². The van der Waals surface area contributed by atoms with Crippen LogP contribution in [-0.2, 0) is 20.9 Å². The van der Waals surface area contributed by atoms with Gasteiger partial charge in [-0.2, -0.15) is 0 Å². The Morgan fingerprint density at radius 2 is 1.69 bits per heavy atom. The molecule has 0 bridgehead atoms. The lowest BCUT2D eigenvalue weighted by Gasteiger charge is -2.30. The van der Waals surface area contributed by atoms with Crippen molar-refractivity contribution < 1.29 is 14.3 Å². The van der Waals surface area contributed by atoms with Gasteiger partial charge in [0, 0.05) is 19.6 Å². The van der Waals surface area contributed by atoms with E-state index in [9.17, 15) is 9.59 Å². The first-order valence-corrected chi connectivity index (χ1v) is 8.70. The number of hydrogen-bond acceptors (Lipinski definition) is 4. The van der Waals surface area contributed by atoms with E-state index in [1.807, 2.05) is 49.4 Å². The molecule has 2 amide bonds. The van der Waals surface area contributed by atoms with E-state index in [0.29, 0.717) is 25.4 Å². The first-order chi connectivity index (χ1) is 12.6. The Morgan fingerprint density at radius 1 is 1.00 bits per heavy atom. The van der Waals surface area contributed by atoms with Gasteiger partial charge in [0.1, 0.15) is 0 Å². The van der Waals surface area contributed by atoms with E-state index in [1.165, 1.54) is 0 Å². The molecule has 0 radical (unpaired) electrons. The summed E-state index contributed by atoms with van der Waals surface area (Å²) in [6.07, 6.45) is 0. The third-order valence-corrected chi connectivity index (χ3v) is 4.28. The maximum Gasteiger partial charge on any atom is 0.313 e. The number of aryl methyl sites for hydroxylation is 1. The predicted octanol–water partition coefficient (Wildman–Crippen LogP) is 2.09. The number of nitrogens with zero attached hydrogens (tertiary/aromatic N) is 1. The minimum atomic E-state index is -0.669. The summed E-state index contributed by atoms with van der Waals surface area (Å²) in [5.74, 6) is -1.32. The van der Waals surface area contributed by atoms with Crippen molar-refractivity contribution in [3.05, 3.63) is 59.7 Å². The molecular weight excluding hydrogens is 330 g/mol. The lowest BCUT2D eigenvalue weighted by Crippen LogP contribution is -2.38. The Balaban J connectivity index is 1.60. The van der Waals surface area contributed by atoms with Crippen LogP contribution < -0.4 is 15.5 Å². The lowest BCUT2D eigenvalue weighted by molar-refractivity contribution is -0.136. The Bertz CT molecular complexity index is 768. The van der Waals surface area contributed by atoms with Gasteiger partial charge in [-0.25, -0.2) is 0 Å². The van der Waals surface area contributed by atoms with E-state index < -0.39 is 11.8 Å². The van der Waals surface area contributed by atoms with E-state index in [4.69, 9.17) is 4.74 Å². The Morgan fingerprint density at radius 3 is 2.42 bits per heavy atom. The fourth-order valence-corrected chi connectivity index (χ4v) is 2.81. The average Bonchev–Trinajstić information content (AvgIpc) is 2.68. The zero-order valence-corrected chi connectivity index (χ0v) is 14.8. The molecule has 0 aromatic heterocycles. The molecule has 1 saturated heterocycles. The van der Waals surface area contributed by atoms with Gasteiger partial charge in [-0.3, -0.25) is 9.59 Å². The molecule has 1 heterocycles. The van der Waals surface area contributed by atoms with Gasteiger partial charge in [-0.05, 0) is 24.6 Å². The predicted molar refractivity (Wildman–Crippen MR) is 101 cm³/mol. The van der Waals surface area contributed by atoms with E-state index >= 15 is 0 Å². The highest BCUT2D eigenvalue weighted by Gasteiger charge is 2.18. The van der Waals surface area contributed by atoms with Crippen molar-refractivity contribution in [2.45, 2.75) is 13.5 Å². The fraction of sp³-hybridized carbons (Fsp3) is 0.300. The second kappa shape index (κ2) is 8.49. The minimum absolute atomic E-state index is 0.317. The molecule has 2 aromatic carbocycles. The molecule has 136 valence electrons. The molecule has 2 aromatic rings. The van der Waals surface area contributed by atoms with Crippen LogP contribution in [0.4, 0.5) is 11.4 Å². The van der Waals surface area contributed by atoms with Gasteiger partial charge in [0.2, 0.25) is 0 Å². The van der Waals surface area contributed by atoms with Gasteiger partial charge in [0.05, 0.1) is 24.6 Å². The molecule has 0 aliphatic carbocycles. The Hall–Kier alpha value is -2.86. The number of ether oxygens (including phenoxy) is 1. The number of hydrogen-bond donors (Lipinski definition) is 2. The first-order valence-electron chi connectivity index (χ1n) is 8.70. The molecule has 6 heteroatoms. The number of amides is 2. The number of anilines is 2. The van der Waals surface area contributed by atoms with Crippen LogP contribution in [0.25, 0.3) is 0 Å². The van der Waals surface area contributed by atoms with E-state index in [-0.39, 0.29) is 0 Å². The summed E-state index contributed by atoms with van der Waals surface area (Å²) >= 11 is 0. The van der Waals surface area contributed by atoms with Crippen molar-refractivity contribution in [3.8, 4) is 0 Å². The van der Waals surface area contributed by atoms with Crippen LogP contribution in [-0.4, -0.2) is 38.1 Å². The summed E-state index contributed by atoms with van der Waals surface area (Å²) < 4.78 is 5.37. The van der Waals surface area contributed by atoms with E-state index in [0.717, 1.165) is 29.9 Å². The molecule has 6 nitrogen and oxygen atoms in total. The lowest BCUT2D eigenvalue weighted by atomic mass is 10.1. The fourth-order valence-electron chi connectivity index (χ4n) is 2.81. The summed E-state index contributed by atoms with van der Waals surface area (Å²) in [7, 11) is 0. The maximum atomic E-state index is 12.3. The molecular formula is C20H23N3O3. The van der Waals surface area contributed by atoms with Crippen molar-refractivity contribution in [1.82, 2.24) is 5.32 Å². The SMILES string of the molecule is Cc1ccc(CNC(=O)C(=O)Nc2ccccc2N2CCOCC2)cc1. The topological polar surface area (TPSA) is 70.7 Å². The summed E-state index contributed by atoms with van der Waals surface area (Å²) in [4.78, 5) is 26.5. The van der Waals surface area contributed by atoms with Crippen LogP contribution in [0.1, 0.15) is 11.1 Å². The van der Waals surface area contributed by atoms with Gasteiger partial charge >= 0.3 is 11.8 Å². The number of carbonyl (C=O) groups is 2. The van der Waals surface area contributed by atoms with Crippen LogP contribution in [0.3, 0.4) is 0 Å². The summed E-state index contributed by atoms with van der Waals surface area (Å²) in [5, 5.41) is 5.37. The summed E-state index contributed by atoms with van der Waals surface area (Å²) in [5.41, 5.74) is 3.63. The molecule has 0 spiro atoms. The van der Waals surface area contributed by atoms with Crippen LogP contribution in [0, 0.1) is 6.92 Å². The van der Waals surface area contributed by atoms with Gasteiger partial charge < -0.3 is 20.3 Å². The van der Waals surface area contributed by atoms with Crippen molar-refractivity contribution >= 4 is 23.2 Å². The molecule has 3 rings (SSSR count). The minimum Gasteiger partial charge on any atom is -0.378 e. The first kappa shape index (κ1) is 17.9. The third-order valence-electron chi connectivity index (χ3n) is 4.28. The van der Waals surface area contributed by atoms with Crippen molar-refractivity contribution in [1.29, 1.82) is 0 Å². The zero-order chi connectivity index (χ0) is 18.4. The van der Waals surface area contributed by atoms with Crippen LogP contribution >= 0.6 is 0 Å². The molecule has 1 fully saturated rings. The van der Waals surface area contributed by atoms with E-state index in [1.54, 1.807) is 6.07 Å². The number of nitrogens with one attached hydrogen (secondary N) is 2. The Labute approximate surface area is 153 Å². The average molecular weight is 353 g/mol. The number of para-hydroxylation sites is 2. The standard InChI is InChI=1S/C20H23N3O3/c1-15-6-8-16(9-7-15)14-21-19(24)20(25)22-17-4-2-3-5-18(17)23-10-12-26-13-11-23/h2-9H,10-14H2,1H3,(H,21,24)(H,22,25). The summed E-state index contributed by atoms with van der Waals surface area (Å²) in [6.45, 7) is 5.14. The van der Waals surface area contributed by atoms with Crippen LogP contribution in [0.2, 0.25) is 0 Å². The highest BCUT2D eigenvalue weighted by molar-refractivity contribution is 6.39. The van der Waals surface area contributed by atoms with Crippen LogP contribution in [0.15, 0.2) is 48.5 Å². The quantitative estimate of drug-likeness (QED) is 0.826. The van der Waals surface area contributed by atoms with Gasteiger partial charge in [0.25, 0.3) is 0 Å². The van der Waals surface area contributed by atoms with Crippen LogP contribution in [0.5, 0.6) is 0 Å². The highest BCUT2D eigenvalue weighted by Crippen LogP contribution is 2.26. The molecule has 26 heavy (non-hydrogen) atoms. The highest BCUT2D eigenvalue weighted by atomic mass is 16.5. The molecule has 0 saturated carbocycles. The Kier molecular flexibility index (Phi) is 5.86. The van der Waals surface area contributed by atoms with E-state index in [2.05, 4.69) is 15.5 Å². The monoisotopic (exact) mass is 353 g/mol. The molecule has 2 N–H and O–H groups in total. The van der Waals surface area contributed by atoms with Crippen molar-refractivity contribution in [2.75, 3.05) is 36.5 Å². The summed E-state index contributed by atoms with van der Waals surface area (Å²) in [6, 6.07) is 15.3. The van der Waals surface area contributed by atoms with Gasteiger partial charge in [-0.15, -0.1) is 0 Å². The number of morpholine rings is 1. The number of rotatable bonds is 4. The second-order valence-corrected chi connectivity index (χ2v) is 6.24. The smallest absolute Gasteiger partial charge is 0.313 e. The largest absolute Gasteiger partial charge is 0.378 e. The molecule has 0 unspecified atom stereocenters. The van der Waals surface area contributed by atoms with Gasteiger partial charge in [0.15, 0.2) is 0 Å².